The molecule has 0 unspecified atom stereocenters. The van der Waals surface area contributed by atoms with Crippen LogP contribution in [0.1, 0.15) is 19.8 Å². The van der Waals surface area contributed by atoms with Crippen LogP contribution in [0.5, 0.6) is 0 Å². The molecule has 0 radical (unpaired) electrons. The average Bonchev–Trinajstić information content (AvgIpc) is 3.10. The SMILES string of the molecule is CCN(CC1CC1)c1ncnc(NN)c1Br. The Morgan fingerprint density at radius 2 is 2.31 bits per heavy atom. The summed E-state index contributed by atoms with van der Waals surface area (Å²) in [5.74, 6) is 7.75. The highest BCUT2D eigenvalue weighted by molar-refractivity contribution is 9.10. The lowest BCUT2D eigenvalue weighted by atomic mass is 10.3. The Hall–Kier alpha value is -0.880. The van der Waals surface area contributed by atoms with Gasteiger partial charge in [0, 0.05) is 13.1 Å². The third kappa shape index (κ3) is 2.44. The van der Waals surface area contributed by atoms with Crippen molar-refractivity contribution in [3.8, 4) is 0 Å². The third-order valence-electron chi connectivity index (χ3n) is 2.76. The zero-order valence-corrected chi connectivity index (χ0v) is 10.9. The van der Waals surface area contributed by atoms with E-state index >= 15 is 0 Å². The number of hydrazine groups is 1. The van der Waals surface area contributed by atoms with Crippen LogP contribution in [0.15, 0.2) is 10.8 Å². The number of nitrogens with one attached hydrogen (secondary N) is 1. The maximum Gasteiger partial charge on any atom is 0.159 e. The standard InChI is InChI=1S/C10H16BrN5/c1-2-16(5-7-3-4-7)10-8(11)9(15-12)13-6-14-10/h6-7H,2-5,12H2,1H3,(H,13,14,15). The maximum atomic E-state index is 5.39. The van der Waals surface area contributed by atoms with Crippen molar-refractivity contribution in [2.45, 2.75) is 19.8 Å². The second-order valence-electron chi connectivity index (χ2n) is 3.99. The molecular formula is C10H16BrN5. The van der Waals surface area contributed by atoms with E-state index in [0.717, 1.165) is 29.3 Å². The quantitative estimate of drug-likeness (QED) is 0.637. The van der Waals surface area contributed by atoms with Gasteiger partial charge in [0.05, 0.1) is 0 Å². The second-order valence-corrected chi connectivity index (χ2v) is 4.78. The summed E-state index contributed by atoms with van der Waals surface area (Å²) in [5, 5.41) is 0. The van der Waals surface area contributed by atoms with Crippen LogP contribution in [-0.2, 0) is 0 Å². The van der Waals surface area contributed by atoms with Crippen LogP contribution >= 0.6 is 15.9 Å². The van der Waals surface area contributed by atoms with Gasteiger partial charge in [-0.05, 0) is 41.6 Å². The number of nitrogen functional groups attached to an aromatic ring is 1. The van der Waals surface area contributed by atoms with Gasteiger partial charge in [-0.3, -0.25) is 0 Å². The van der Waals surface area contributed by atoms with Gasteiger partial charge in [-0.2, -0.15) is 0 Å². The fraction of sp³-hybridized carbons (Fsp3) is 0.600. The molecule has 1 saturated carbocycles. The largest absolute Gasteiger partial charge is 0.356 e. The van der Waals surface area contributed by atoms with Crippen LogP contribution < -0.4 is 16.2 Å². The fourth-order valence-corrected chi connectivity index (χ4v) is 2.23. The minimum absolute atomic E-state index is 0.624. The number of hydrogen-bond donors (Lipinski definition) is 2. The van der Waals surface area contributed by atoms with Gasteiger partial charge in [-0.1, -0.05) is 0 Å². The van der Waals surface area contributed by atoms with Gasteiger partial charge in [-0.15, -0.1) is 0 Å². The van der Waals surface area contributed by atoms with E-state index in [0.29, 0.717) is 5.82 Å². The number of nitrogens with zero attached hydrogens (tertiary/aromatic N) is 3. The number of halogens is 1. The average molecular weight is 286 g/mol. The van der Waals surface area contributed by atoms with Gasteiger partial charge in [0.1, 0.15) is 16.6 Å². The van der Waals surface area contributed by atoms with E-state index in [1.807, 2.05) is 0 Å². The molecule has 1 fully saturated rings. The molecule has 0 aromatic carbocycles. The Morgan fingerprint density at radius 1 is 1.56 bits per heavy atom. The summed E-state index contributed by atoms with van der Waals surface area (Å²) < 4.78 is 0.833. The van der Waals surface area contributed by atoms with Gasteiger partial charge >= 0.3 is 0 Å². The molecule has 0 saturated heterocycles. The molecule has 5 nitrogen and oxygen atoms in total. The number of aromatic nitrogens is 2. The Bertz CT molecular complexity index is 366. The molecule has 1 heterocycles. The topological polar surface area (TPSA) is 67.1 Å². The van der Waals surface area contributed by atoms with E-state index < -0.39 is 0 Å². The maximum absolute atomic E-state index is 5.39. The molecule has 1 aromatic rings. The number of hydrogen-bond acceptors (Lipinski definition) is 5. The fourth-order valence-electron chi connectivity index (χ4n) is 1.66. The summed E-state index contributed by atoms with van der Waals surface area (Å²) >= 11 is 3.48. The Morgan fingerprint density at radius 3 is 2.88 bits per heavy atom. The van der Waals surface area contributed by atoms with Crippen molar-refractivity contribution in [2.75, 3.05) is 23.4 Å². The predicted molar refractivity (Wildman–Crippen MR) is 68.2 cm³/mol. The smallest absolute Gasteiger partial charge is 0.159 e. The minimum Gasteiger partial charge on any atom is -0.356 e. The first-order chi connectivity index (χ1) is 7.76. The lowest BCUT2D eigenvalue weighted by Crippen LogP contribution is -2.27. The molecular weight excluding hydrogens is 270 g/mol. The minimum atomic E-state index is 0.624. The highest BCUT2D eigenvalue weighted by Crippen LogP contribution is 2.34. The Labute approximate surface area is 104 Å². The molecule has 88 valence electrons. The highest BCUT2D eigenvalue weighted by atomic mass is 79.9. The van der Waals surface area contributed by atoms with Crippen molar-refractivity contribution in [3.63, 3.8) is 0 Å². The molecule has 1 aromatic heterocycles. The monoisotopic (exact) mass is 285 g/mol. The summed E-state index contributed by atoms with van der Waals surface area (Å²) in [4.78, 5) is 10.6. The van der Waals surface area contributed by atoms with Crippen molar-refractivity contribution in [2.24, 2.45) is 11.8 Å². The van der Waals surface area contributed by atoms with Crippen LogP contribution in [0.25, 0.3) is 0 Å². The lowest BCUT2D eigenvalue weighted by molar-refractivity contribution is 0.729. The second kappa shape index (κ2) is 4.97. The summed E-state index contributed by atoms with van der Waals surface area (Å²) in [6, 6.07) is 0. The zero-order chi connectivity index (χ0) is 11.5. The molecule has 0 bridgehead atoms. The number of nitrogens with two attached hydrogens (primary N) is 1. The molecule has 3 N–H and O–H groups in total. The van der Waals surface area contributed by atoms with Crippen LogP contribution in [0.4, 0.5) is 11.6 Å². The van der Waals surface area contributed by atoms with Crippen molar-refractivity contribution >= 4 is 27.6 Å². The van der Waals surface area contributed by atoms with Gasteiger partial charge in [0.15, 0.2) is 5.82 Å². The molecule has 1 aliphatic rings. The molecule has 1 aliphatic carbocycles. The van der Waals surface area contributed by atoms with E-state index in [2.05, 4.69) is 43.1 Å². The molecule has 0 spiro atoms. The summed E-state index contributed by atoms with van der Waals surface area (Å²) in [6.45, 7) is 4.14. The van der Waals surface area contributed by atoms with Crippen LogP contribution in [0.3, 0.4) is 0 Å². The lowest BCUT2D eigenvalue weighted by Gasteiger charge is -2.23. The Kier molecular flexibility index (Phi) is 3.60. The van der Waals surface area contributed by atoms with Gasteiger partial charge < -0.3 is 10.3 Å². The van der Waals surface area contributed by atoms with Gasteiger partial charge in [0.25, 0.3) is 0 Å². The first-order valence-corrected chi connectivity index (χ1v) is 6.27. The first-order valence-electron chi connectivity index (χ1n) is 5.48. The van der Waals surface area contributed by atoms with Crippen LogP contribution in [-0.4, -0.2) is 23.1 Å². The van der Waals surface area contributed by atoms with E-state index in [1.54, 1.807) is 0 Å². The van der Waals surface area contributed by atoms with Crippen LogP contribution in [0, 0.1) is 5.92 Å². The highest BCUT2D eigenvalue weighted by Gasteiger charge is 2.25. The van der Waals surface area contributed by atoms with Crippen molar-refractivity contribution < 1.29 is 0 Å². The summed E-state index contributed by atoms with van der Waals surface area (Å²) in [5.41, 5.74) is 2.56. The van der Waals surface area contributed by atoms with Gasteiger partial charge in [-0.25, -0.2) is 15.8 Å². The number of anilines is 2. The summed E-state index contributed by atoms with van der Waals surface area (Å²) in [7, 11) is 0. The first kappa shape index (κ1) is 11.6. The Balaban J connectivity index is 2.21. The van der Waals surface area contributed by atoms with E-state index in [-0.39, 0.29) is 0 Å². The number of rotatable bonds is 5. The van der Waals surface area contributed by atoms with Crippen molar-refractivity contribution in [3.05, 3.63) is 10.8 Å². The molecule has 2 rings (SSSR count). The van der Waals surface area contributed by atoms with Gasteiger partial charge in [0.2, 0.25) is 0 Å². The third-order valence-corrected chi connectivity index (χ3v) is 3.49. The van der Waals surface area contributed by atoms with E-state index in [9.17, 15) is 0 Å². The molecule has 0 amide bonds. The van der Waals surface area contributed by atoms with E-state index in [4.69, 9.17) is 5.84 Å². The normalized spacial score (nSPS) is 14.9. The molecule has 6 heteroatoms. The van der Waals surface area contributed by atoms with E-state index in [1.165, 1.54) is 19.2 Å². The summed E-state index contributed by atoms with van der Waals surface area (Å²) in [6.07, 6.45) is 4.20. The predicted octanol–water partition coefficient (Wildman–Crippen LogP) is 1.76. The van der Waals surface area contributed by atoms with Crippen molar-refractivity contribution in [1.82, 2.24) is 9.97 Å². The molecule has 0 atom stereocenters. The molecule has 0 aliphatic heterocycles. The van der Waals surface area contributed by atoms with Crippen LogP contribution in [0.2, 0.25) is 0 Å². The zero-order valence-electron chi connectivity index (χ0n) is 9.28. The molecule has 16 heavy (non-hydrogen) atoms. The van der Waals surface area contributed by atoms with Crippen molar-refractivity contribution in [1.29, 1.82) is 0 Å².